The zero-order valence-electron chi connectivity index (χ0n) is 54.8. The fourth-order valence-corrected chi connectivity index (χ4v) is 15.1. The van der Waals surface area contributed by atoms with Crippen LogP contribution >= 0.6 is 0 Å². The van der Waals surface area contributed by atoms with Gasteiger partial charge in [0.15, 0.2) is 0 Å². The summed E-state index contributed by atoms with van der Waals surface area (Å²) < 4.78 is 91.7. The first-order valence-corrected chi connectivity index (χ1v) is 29.7. The highest BCUT2D eigenvalue weighted by Gasteiger charge is 2.46. The maximum Gasteiger partial charge on any atom is 0.252 e. The molecule has 0 unspecified atom stereocenters. The van der Waals surface area contributed by atoms with Gasteiger partial charge in [-0.05, 0) is 155 Å². The molecule has 2 aliphatic rings. The molecule has 88 heavy (non-hydrogen) atoms. The fraction of sp³-hybridized carbons (Fsp3) is 0. The van der Waals surface area contributed by atoms with Gasteiger partial charge in [-0.1, -0.05) is 206 Å². The van der Waals surface area contributed by atoms with Crippen molar-refractivity contribution in [1.82, 2.24) is 4.57 Å². The Labute approximate surface area is 516 Å². The van der Waals surface area contributed by atoms with Crippen molar-refractivity contribution in [3.05, 3.63) is 291 Å². The molecule has 5 nitrogen and oxygen atoms in total. The molecule has 0 amide bonds. The van der Waals surface area contributed by atoms with Crippen molar-refractivity contribution in [1.29, 1.82) is 0 Å². The van der Waals surface area contributed by atoms with Crippen molar-refractivity contribution in [2.75, 3.05) is 9.80 Å². The average Bonchev–Trinajstić information content (AvgIpc) is 1.08. The predicted octanol–water partition coefficient (Wildman–Crippen LogP) is 20.6. The number of benzene rings is 15. The van der Waals surface area contributed by atoms with Gasteiger partial charge >= 0.3 is 0 Å². The molecular formula is C82H48BN3O2. The molecule has 0 N–H and O–H groups in total. The number of anilines is 6. The molecule has 3 aromatic heterocycles. The molecule has 0 atom stereocenters. The van der Waals surface area contributed by atoms with Gasteiger partial charge in [-0.15, -0.1) is 0 Å². The van der Waals surface area contributed by atoms with Gasteiger partial charge in [-0.2, -0.15) is 0 Å². The molecule has 0 bridgehead atoms. The minimum atomic E-state index is -0.549. The van der Waals surface area contributed by atoms with Gasteiger partial charge in [0.25, 0.3) is 6.71 Å². The quantitative estimate of drug-likeness (QED) is 0.127. The summed E-state index contributed by atoms with van der Waals surface area (Å²) >= 11 is 0. The van der Waals surface area contributed by atoms with E-state index in [9.17, 15) is 8.22 Å². The normalized spacial score (nSPS) is 14.2. The zero-order valence-corrected chi connectivity index (χ0v) is 46.8. The second kappa shape index (κ2) is 18.0. The van der Waals surface area contributed by atoms with Crippen molar-refractivity contribution < 1.29 is 19.8 Å². The molecule has 0 aliphatic carbocycles. The van der Waals surface area contributed by atoms with E-state index in [-0.39, 0.29) is 21.8 Å². The van der Waals surface area contributed by atoms with Crippen LogP contribution in [0.1, 0.15) is 11.0 Å². The Hall–Kier alpha value is -11.6. The van der Waals surface area contributed by atoms with Crippen LogP contribution in [0.15, 0.2) is 300 Å². The molecule has 0 saturated carbocycles. The molecule has 2 aliphatic heterocycles. The summed E-state index contributed by atoms with van der Waals surface area (Å²) in [5.41, 5.74) is 14.8. The maximum absolute atomic E-state index is 9.95. The first-order chi connectivity index (χ1) is 47.0. The van der Waals surface area contributed by atoms with Crippen LogP contribution in [-0.4, -0.2) is 11.3 Å². The highest BCUT2D eigenvalue weighted by molar-refractivity contribution is 7.00. The highest BCUT2D eigenvalue weighted by Crippen LogP contribution is 2.53. The summed E-state index contributed by atoms with van der Waals surface area (Å²) in [6.07, 6.45) is 0. The SMILES string of the molecule is [2H]c1c([2H])c([2H])c2c(c1[2H])c1c([2H])c([2H])c([2H])c([2H])c1n2-c1cc2c3c(c1)N(c1ccccc1-c1cc4ccccc4c4ccccc14)c1cc4c(cc1B3c1cc3oc5ccccc5c3cc1N2c1ccccc1-c1cc2ccccc2c2ccccc12)oc1ccccc14. The van der Waals surface area contributed by atoms with Gasteiger partial charge in [-0.3, -0.25) is 0 Å². The standard InChI is InChI=1S/C82H48BN3O2/c1-3-23-52-49(21-1)41-64(56-27-7-5-25-54(52)56)60-31-11-17-37-72(60)85-74-45-66-62-33-13-19-39-78(62)87-80(66)47-68(74)83-69-48-81-67(63-34-14-20-40-79(63)88-81)46-75(69)86(73-38-18-12-32-61(73)65-42-50-22-2-4-24-53(50)55-26-6-8-28-57(55)65)77-44-51(43-76(85)82(77)83)84-70-35-15-9-29-58(70)59-30-10-16-36-71(59)84/h1-48H/i9D,10D,15D,16D,29D,30D,35D,36D. The molecule has 5 heterocycles. The van der Waals surface area contributed by atoms with Gasteiger partial charge in [0, 0.05) is 66.2 Å². The van der Waals surface area contributed by atoms with Crippen LogP contribution in [0, 0.1) is 0 Å². The molecule has 0 radical (unpaired) electrons. The van der Waals surface area contributed by atoms with Crippen LogP contribution < -0.4 is 26.2 Å². The number of furan rings is 2. The van der Waals surface area contributed by atoms with Crippen molar-refractivity contribution in [2.24, 2.45) is 0 Å². The van der Waals surface area contributed by atoms with Crippen LogP contribution in [0.3, 0.4) is 0 Å². The van der Waals surface area contributed by atoms with E-state index < -0.39 is 55.1 Å². The van der Waals surface area contributed by atoms with Gasteiger partial charge in [0.1, 0.15) is 22.3 Å². The Bertz CT molecular complexity index is 6190. The van der Waals surface area contributed by atoms with E-state index in [0.717, 1.165) is 149 Å². The molecule has 20 rings (SSSR count). The number of nitrogens with zero attached hydrogens (tertiary/aromatic N) is 3. The summed E-state index contributed by atoms with van der Waals surface area (Å²) in [7, 11) is 0. The van der Waals surface area contributed by atoms with E-state index in [2.05, 4.69) is 216 Å². The number of rotatable bonds is 5. The van der Waals surface area contributed by atoms with Crippen molar-refractivity contribution in [2.45, 2.75) is 0 Å². The third-order valence-electron chi connectivity index (χ3n) is 18.7. The van der Waals surface area contributed by atoms with E-state index >= 15 is 0 Å². The van der Waals surface area contributed by atoms with Crippen molar-refractivity contribution in [3.63, 3.8) is 0 Å². The lowest BCUT2D eigenvalue weighted by Gasteiger charge is -2.45. The van der Waals surface area contributed by atoms with Gasteiger partial charge in [0.05, 0.1) is 39.1 Å². The molecule has 15 aromatic carbocycles. The first-order valence-electron chi connectivity index (χ1n) is 33.7. The molecule has 0 saturated heterocycles. The summed E-state index contributed by atoms with van der Waals surface area (Å²) in [4.78, 5) is 4.69. The third-order valence-corrected chi connectivity index (χ3v) is 18.7. The Morgan fingerprint density at radius 3 is 1.17 bits per heavy atom. The predicted molar refractivity (Wildman–Crippen MR) is 370 cm³/mol. The molecule has 0 spiro atoms. The first kappa shape index (κ1) is 40.6. The van der Waals surface area contributed by atoms with Gasteiger partial charge in [-0.25, -0.2) is 0 Å². The maximum atomic E-state index is 9.95. The third kappa shape index (κ3) is 6.60. The molecule has 406 valence electrons. The van der Waals surface area contributed by atoms with Crippen LogP contribution in [0.4, 0.5) is 34.1 Å². The Balaban J connectivity index is 1.000. The van der Waals surface area contributed by atoms with Crippen LogP contribution in [0.5, 0.6) is 0 Å². The van der Waals surface area contributed by atoms with Gasteiger partial charge in [0.2, 0.25) is 0 Å². The monoisotopic (exact) mass is 1130 g/mol. The van der Waals surface area contributed by atoms with E-state index in [1.54, 1.807) is 4.57 Å². The topological polar surface area (TPSA) is 37.7 Å². The largest absolute Gasteiger partial charge is 0.456 e. The molecular weight excluding hydrogens is 1070 g/mol. The fourth-order valence-electron chi connectivity index (χ4n) is 15.1. The lowest BCUT2D eigenvalue weighted by Crippen LogP contribution is -2.61. The summed E-state index contributed by atoms with van der Waals surface area (Å²) in [5, 5.41) is 12.4. The van der Waals surface area contributed by atoms with Crippen LogP contribution in [0.2, 0.25) is 0 Å². The van der Waals surface area contributed by atoms with Crippen LogP contribution in [-0.2, 0) is 0 Å². The van der Waals surface area contributed by atoms with Crippen molar-refractivity contribution in [3.8, 4) is 27.9 Å². The Morgan fingerprint density at radius 2 is 0.682 bits per heavy atom. The number of hydrogen-bond donors (Lipinski definition) is 0. The second-order valence-corrected chi connectivity index (χ2v) is 23.2. The Kier molecular flexibility index (Phi) is 8.30. The summed E-state index contributed by atoms with van der Waals surface area (Å²) in [6, 6.07) is 81.3. The lowest BCUT2D eigenvalue weighted by molar-refractivity contribution is 0.669. The van der Waals surface area contributed by atoms with E-state index in [4.69, 9.17) is 11.6 Å². The smallest absolute Gasteiger partial charge is 0.252 e. The number of hydrogen-bond acceptors (Lipinski definition) is 4. The molecule has 18 aromatic rings. The highest BCUT2D eigenvalue weighted by atomic mass is 16.3. The van der Waals surface area contributed by atoms with Gasteiger partial charge < -0.3 is 23.2 Å². The summed E-state index contributed by atoms with van der Waals surface area (Å²) in [6.45, 7) is -0.549. The van der Waals surface area contributed by atoms with Crippen LogP contribution in [0.25, 0.3) is 137 Å². The molecule has 6 heteroatoms. The minimum Gasteiger partial charge on any atom is -0.456 e. The van der Waals surface area contributed by atoms with E-state index in [1.807, 2.05) is 36.4 Å². The average molecular weight is 1130 g/mol. The summed E-state index contributed by atoms with van der Waals surface area (Å²) in [5.74, 6) is 0. The second-order valence-electron chi connectivity index (χ2n) is 23.2. The van der Waals surface area contributed by atoms with E-state index in [1.165, 1.54) is 0 Å². The zero-order chi connectivity index (χ0) is 64.3. The Morgan fingerprint density at radius 1 is 0.284 bits per heavy atom. The number of para-hydroxylation sites is 6. The van der Waals surface area contributed by atoms with E-state index in [0.29, 0.717) is 16.9 Å². The number of fused-ring (bicyclic) bond motifs is 19. The van der Waals surface area contributed by atoms with Crippen molar-refractivity contribution >= 4 is 166 Å². The molecule has 0 fully saturated rings. The minimum absolute atomic E-state index is 0.0119. The lowest BCUT2D eigenvalue weighted by atomic mass is 9.33. The number of aromatic nitrogens is 1.